The van der Waals surface area contributed by atoms with E-state index in [1.165, 1.54) is 7.11 Å². The van der Waals surface area contributed by atoms with Gasteiger partial charge in [-0.1, -0.05) is 12.1 Å². The first kappa shape index (κ1) is 12.3. The van der Waals surface area contributed by atoms with Crippen LogP contribution in [0.3, 0.4) is 0 Å². The van der Waals surface area contributed by atoms with Gasteiger partial charge in [0.25, 0.3) is 0 Å². The SMILES string of the molecule is COc1cccc(C(O)C2CCOC2C)c1F. The van der Waals surface area contributed by atoms with Crippen molar-refractivity contribution in [2.45, 2.75) is 25.6 Å². The standard InChI is InChI=1S/C13H17FO3/c1-8-9(6-7-17-8)13(15)10-4-3-5-11(16-2)12(10)14/h3-5,8-9,13,15H,6-7H2,1-2H3. The second-order valence-electron chi connectivity index (χ2n) is 4.34. The van der Waals surface area contributed by atoms with E-state index >= 15 is 0 Å². The lowest BCUT2D eigenvalue weighted by atomic mass is 9.90. The fraction of sp³-hybridized carbons (Fsp3) is 0.538. The molecule has 0 amide bonds. The van der Waals surface area contributed by atoms with Crippen LogP contribution >= 0.6 is 0 Å². The van der Waals surface area contributed by atoms with Gasteiger partial charge in [-0.15, -0.1) is 0 Å². The Morgan fingerprint density at radius 2 is 2.29 bits per heavy atom. The summed E-state index contributed by atoms with van der Waals surface area (Å²) in [5, 5.41) is 10.2. The second kappa shape index (κ2) is 5.02. The predicted molar refractivity (Wildman–Crippen MR) is 61.4 cm³/mol. The molecule has 0 spiro atoms. The molecule has 1 fully saturated rings. The molecule has 0 radical (unpaired) electrons. The van der Waals surface area contributed by atoms with Gasteiger partial charge in [0.05, 0.1) is 19.3 Å². The molecule has 3 nitrogen and oxygen atoms in total. The summed E-state index contributed by atoms with van der Waals surface area (Å²) in [6.07, 6.45) is -0.142. The number of hydrogen-bond donors (Lipinski definition) is 1. The highest BCUT2D eigenvalue weighted by molar-refractivity contribution is 5.32. The van der Waals surface area contributed by atoms with E-state index in [2.05, 4.69) is 0 Å². The number of rotatable bonds is 3. The predicted octanol–water partition coefficient (Wildman–Crippen LogP) is 2.29. The van der Waals surface area contributed by atoms with Crippen LogP contribution in [0.4, 0.5) is 4.39 Å². The highest BCUT2D eigenvalue weighted by Crippen LogP contribution is 2.36. The number of benzene rings is 1. The molecule has 3 unspecified atom stereocenters. The minimum atomic E-state index is -0.845. The molecule has 1 aromatic carbocycles. The van der Waals surface area contributed by atoms with Crippen LogP contribution in [0.5, 0.6) is 5.75 Å². The third kappa shape index (κ3) is 2.28. The van der Waals surface area contributed by atoms with E-state index in [4.69, 9.17) is 9.47 Å². The molecule has 1 saturated heterocycles. The summed E-state index contributed by atoms with van der Waals surface area (Å²) in [4.78, 5) is 0. The first-order valence-corrected chi connectivity index (χ1v) is 5.77. The van der Waals surface area contributed by atoms with Crippen molar-refractivity contribution in [3.8, 4) is 5.75 Å². The molecule has 3 atom stereocenters. The first-order chi connectivity index (χ1) is 8.15. The van der Waals surface area contributed by atoms with Crippen LogP contribution in [0.2, 0.25) is 0 Å². The van der Waals surface area contributed by atoms with Gasteiger partial charge in [0, 0.05) is 18.1 Å². The lowest BCUT2D eigenvalue weighted by Crippen LogP contribution is -2.20. The van der Waals surface area contributed by atoms with Crippen molar-refractivity contribution in [1.82, 2.24) is 0 Å². The Balaban J connectivity index is 2.27. The highest BCUT2D eigenvalue weighted by Gasteiger charge is 2.33. The Morgan fingerprint density at radius 3 is 2.88 bits per heavy atom. The van der Waals surface area contributed by atoms with Crippen molar-refractivity contribution in [3.63, 3.8) is 0 Å². The van der Waals surface area contributed by atoms with Crippen molar-refractivity contribution in [2.75, 3.05) is 13.7 Å². The normalized spacial score (nSPS) is 25.9. The Labute approximate surface area is 100 Å². The molecule has 17 heavy (non-hydrogen) atoms. The molecule has 94 valence electrons. The van der Waals surface area contributed by atoms with Gasteiger partial charge < -0.3 is 14.6 Å². The minimum absolute atomic E-state index is 0.0457. The van der Waals surface area contributed by atoms with Crippen LogP contribution in [0.15, 0.2) is 18.2 Å². The molecule has 0 aromatic heterocycles. The van der Waals surface area contributed by atoms with E-state index in [1.54, 1.807) is 18.2 Å². The molecule has 1 heterocycles. The topological polar surface area (TPSA) is 38.7 Å². The van der Waals surface area contributed by atoms with Crippen LogP contribution in [-0.2, 0) is 4.74 Å². The van der Waals surface area contributed by atoms with E-state index in [0.717, 1.165) is 6.42 Å². The fourth-order valence-electron chi connectivity index (χ4n) is 2.31. The third-order valence-corrected chi connectivity index (χ3v) is 3.37. The maximum absolute atomic E-state index is 14.0. The molecule has 0 aliphatic carbocycles. The number of methoxy groups -OCH3 is 1. The second-order valence-corrected chi connectivity index (χ2v) is 4.34. The smallest absolute Gasteiger partial charge is 0.170 e. The molecule has 1 aromatic rings. The van der Waals surface area contributed by atoms with E-state index in [-0.39, 0.29) is 23.3 Å². The number of aliphatic hydroxyl groups excluding tert-OH is 1. The van der Waals surface area contributed by atoms with Crippen molar-refractivity contribution >= 4 is 0 Å². The summed E-state index contributed by atoms with van der Waals surface area (Å²) in [6.45, 7) is 2.52. The van der Waals surface area contributed by atoms with Gasteiger partial charge in [-0.25, -0.2) is 4.39 Å². The van der Waals surface area contributed by atoms with Gasteiger partial charge in [-0.05, 0) is 19.4 Å². The highest BCUT2D eigenvalue weighted by atomic mass is 19.1. The van der Waals surface area contributed by atoms with Crippen LogP contribution < -0.4 is 4.74 Å². The van der Waals surface area contributed by atoms with Crippen molar-refractivity contribution < 1.29 is 19.0 Å². The van der Waals surface area contributed by atoms with Crippen LogP contribution in [-0.4, -0.2) is 24.9 Å². The quantitative estimate of drug-likeness (QED) is 0.881. The van der Waals surface area contributed by atoms with E-state index in [9.17, 15) is 9.50 Å². The molecule has 1 aliphatic rings. The molecular weight excluding hydrogens is 223 g/mol. The largest absolute Gasteiger partial charge is 0.494 e. The number of halogens is 1. The molecule has 0 bridgehead atoms. The van der Waals surface area contributed by atoms with Crippen molar-refractivity contribution in [1.29, 1.82) is 0 Å². The molecular formula is C13H17FO3. The number of aliphatic hydroxyl groups is 1. The van der Waals surface area contributed by atoms with Gasteiger partial charge in [-0.3, -0.25) is 0 Å². The molecule has 1 aliphatic heterocycles. The molecule has 2 rings (SSSR count). The van der Waals surface area contributed by atoms with Crippen LogP contribution in [0.25, 0.3) is 0 Å². The van der Waals surface area contributed by atoms with Crippen molar-refractivity contribution in [2.24, 2.45) is 5.92 Å². The van der Waals surface area contributed by atoms with E-state index < -0.39 is 11.9 Å². The van der Waals surface area contributed by atoms with Crippen molar-refractivity contribution in [3.05, 3.63) is 29.6 Å². The van der Waals surface area contributed by atoms with E-state index in [0.29, 0.717) is 6.61 Å². The number of ether oxygens (including phenoxy) is 2. The average molecular weight is 240 g/mol. The number of hydrogen-bond acceptors (Lipinski definition) is 3. The zero-order valence-electron chi connectivity index (χ0n) is 10.0. The summed E-state index contributed by atoms with van der Waals surface area (Å²) in [6, 6.07) is 4.81. The van der Waals surface area contributed by atoms with Gasteiger partial charge in [0.15, 0.2) is 11.6 Å². The zero-order chi connectivity index (χ0) is 12.4. The summed E-state index contributed by atoms with van der Waals surface area (Å²) in [5.41, 5.74) is 0.284. The Kier molecular flexibility index (Phi) is 3.64. The fourth-order valence-corrected chi connectivity index (χ4v) is 2.31. The summed E-state index contributed by atoms with van der Waals surface area (Å²) >= 11 is 0. The lowest BCUT2D eigenvalue weighted by Gasteiger charge is -2.22. The summed E-state index contributed by atoms with van der Waals surface area (Å²) in [7, 11) is 1.41. The Morgan fingerprint density at radius 1 is 1.53 bits per heavy atom. The van der Waals surface area contributed by atoms with Crippen LogP contribution in [0.1, 0.15) is 25.0 Å². The van der Waals surface area contributed by atoms with Gasteiger partial charge in [-0.2, -0.15) is 0 Å². The Bertz CT molecular complexity index is 394. The minimum Gasteiger partial charge on any atom is -0.494 e. The summed E-state index contributed by atoms with van der Waals surface area (Å²) < 4.78 is 24.3. The van der Waals surface area contributed by atoms with E-state index in [1.807, 2.05) is 6.92 Å². The lowest BCUT2D eigenvalue weighted by molar-refractivity contribution is 0.0412. The van der Waals surface area contributed by atoms with Crippen LogP contribution in [0, 0.1) is 11.7 Å². The maximum atomic E-state index is 14.0. The van der Waals surface area contributed by atoms with Gasteiger partial charge in [0.2, 0.25) is 0 Å². The maximum Gasteiger partial charge on any atom is 0.170 e. The molecule has 4 heteroatoms. The van der Waals surface area contributed by atoms with Gasteiger partial charge in [0.1, 0.15) is 0 Å². The van der Waals surface area contributed by atoms with Gasteiger partial charge >= 0.3 is 0 Å². The Hall–Kier alpha value is -1.13. The monoisotopic (exact) mass is 240 g/mol. The molecule has 1 N–H and O–H groups in total. The zero-order valence-corrected chi connectivity index (χ0v) is 10.0. The average Bonchev–Trinajstić information content (AvgIpc) is 2.75. The third-order valence-electron chi connectivity index (χ3n) is 3.37. The molecule has 0 saturated carbocycles. The first-order valence-electron chi connectivity index (χ1n) is 5.77. The summed E-state index contributed by atoms with van der Waals surface area (Å²) in [5.74, 6) is -0.383.